The third kappa shape index (κ3) is 5.14. The minimum Gasteiger partial charge on any atom is -0.477 e. The molecule has 120 valence electrons. The lowest BCUT2D eigenvalue weighted by Crippen LogP contribution is -2.25. The fraction of sp³-hybridized carbons (Fsp3) is 0.615. The zero-order valence-electron chi connectivity index (χ0n) is 12.7. The summed E-state index contributed by atoms with van der Waals surface area (Å²) in [6.45, 7) is 3.41. The topological polar surface area (TPSA) is 91.6 Å². The van der Waals surface area contributed by atoms with E-state index in [0.717, 1.165) is 19.4 Å². The Morgan fingerprint density at radius 2 is 2.05 bits per heavy atom. The van der Waals surface area contributed by atoms with Crippen LogP contribution in [0.4, 0.5) is 0 Å². The summed E-state index contributed by atoms with van der Waals surface area (Å²) >= 11 is 0. The van der Waals surface area contributed by atoms with E-state index in [9.17, 15) is 13.2 Å². The normalized spacial score (nSPS) is 12.0. The molecule has 1 rings (SSSR count). The molecule has 21 heavy (non-hydrogen) atoms. The Labute approximate surface area is 125 Å². The molecule has 7 nitrogen and oxygen atoms in total. The van der Waals surface area contributed by atoms with E-state index in [4.69, 9.17) is 5.11 Å². The molecule has 0 aromatic carbocycles. The van der Waals surface area contributed by atoms with E-state index in [1.807, 2.05) is 19.0 Å². The van der Waals surface area contributed by atoms with Gasteiger partial charge < -0.3 is 14.6 Å². The van der Waals surface area contributed by atoms with Gasteiger partial charge in [0.15, 0.2) is 0 Å². The smallest absolute Gasteiger partial charge is 0.352 e. The molecule has 0 spiro atoms. The average molecular weight is 317 g/mol. The molecular formula is C13H23N3O4S. The summed E-state index contributed by atoms with van der Waals surface area (Å²) in [6, 6.07) is 1.19. The minimum absolute atomic E-state index is 0.00522. The highest BCUT2D eigenvalue weighted by molar-refractivity contribution is 7.89. The summed E-state index contributed by atoms with van der Waals surface area (Å²) in [5.41, 5.74) is -0.0227. The standard InChI is InChI=1S/C13H23N3O4S/c1-4-16-10-11(9-12(16)13(17)18)21(19,20)14-7-5-6-8-15(2)3/h9-10,14H,4-8H2,1-3H3,(H,17,18). The van der Waals surface area contributed by atoms with E-state index in [2.05, 4.69) is 4.72 Å². The second-order valence-electron chi connectivity index (χ2n) is 5.06. The van der Waals surface area contributed by atoms with Crippen molar-refractivity contribution in [3.8, 4) is 0 Å². The zero-order valence-corrected chi connectivity index (χ0v) is 13.5. The Morgan fingerprint density at radius 3 is 2.52 bits per heavy atom. The molecule has 0 fully saturated rings. The number of rotatable bonds is 9. The van der Waals surface area contributed by atoms with Crippen LogP contribution in [0.5, 0.6) is 0 Å². The lowest BCUT2D eigenvalue weighted by Gasteiger charge is -2.09. The van der Waals surface area contributed by atoms with Crippen LogP contribution >= 0.6 is 0 Å². The summed E-state index contributed by atoms with van der Waals surface area (Å²) < 4.78 is 28.1. The summed E-state index contributed by atoms with van der Waals surface area (Å²) in [5.74, 6) is -1.13. The molecule has 0 bridgehead atoms. The summed E-state index contributed by atoms with van der Waals surface area (Å²) in [4.78, 5) is 13.1. The minimum atomic E-state index is -3.65. The zero-order chi connectivity index (χ0) is 16.0. The molecule has 0 saturated heterocycles. The average Bonchev–Trinajstić information content (AvgIpc) is 2.82. The lowest BCUT2D eigenvalue weighted by molar-refractivity contribution is 0.0685. The summed E-state index contributed by atoms with van der Waals surface area (Å²) in [7, 11) is 0.273. The fourth-order valence-electron chi connectivity index (χ4n) is 1.91. The molecule has 0 atom stereocenters. The Balaban J connectivity index is 2.68. The first-order chi connectivity index (χ1) is 9.77. The number of hydrogen-bond acceptors (Lipinski definition) is 4. The van der Waals surface area contributed by atoms with E-state index in [1.54, 1.807) is 6.92 Å². The Morgan fingerprint density at radius 1 is 1.38 bits per heavy atom. The Bertz CT molecular complexity index is 578. The highest BCUT2D eigenvalue weighted by Crippen LogP contribution is 2.14. The first-order valence-electron chi connectivity index (χ1n) is 6.85. The SMILES string of the molecule is CCn1cc(S(=O)(=O)NCCCCN(C)C)cc1C(=O)O. The monoisotopic (exact) mass is 317 g/mol. The fourth-order valence-corrected chi connectivity index (χ4v) is 3.03. The number of carboxylic acid groups (broad SMARTS) is 1. The van der Waals surface area contributed by atoms with Gasteiger partial charge in [-0.3, -0.25) is 0 Å². The van der Waals surface area contributed by atoms with Crippen LogP contribution in [-0.2, 0) is 16.6 Å². The number of nitrogens with one attached hydrogen (secondary N) is 1. The van der Waals surface area contributed by atoms with Crippen molar-refractivity contribution in [3.05, 3.63) is 18.0 Å². The molecule has 0 unspecified atom stereocenters. The van der Waals surface area contributed by atoms with Gasteiger partial charge in [0.1, 0.15) is 10.6 Å². The van der Waals surface area contributed by atoms with Crippen LogP contribution in [0.3, 0.4) is 0 Å². The van der Waals surface area contributed by atoms with E-state index in [0.29, 0.717) is 13.1 Å². The van der Waals surface area contributed by atoms with Crippen LogP contribution < -0.4 is 4.72 Å². The Kier molecular flexibility index (Phi) is 6.38. The highest BCUT2D eigenvalue weighted by atomic mass is 32.2. The Hall–Kier alpha value is -1.38. The second-order valence-corrected chi connectivity index (χ2v) is 6.83. The maximum atomic E-state index is 12.1. The first-order valence-corrected chi connectivity index (χ1v) is 8.34. The largest absolute Gasteiger partial charge is 0.477 e. The quantitative estimate of drug-likeness (QED) is 0.658. The lowest BCUT2D eigenvalue weighted by atomic mass is 10.3. The maximum absolute atomic E-state index is 12.1. The van der Waals surface area contributed by atoms with E-state index in [-0.39, 0.29) is 10.6 Å². The predicted octanol–water partition coefficient (Wildman–Crippen LogP) is 0.826. The number of sulfonamides is 1. The van der Waals surface area contributed by atoms with Crippen molar-refractivity contribution < 1.29 is 18.3 Å². The van der Waals surface area contributed by atoms with Gasteiger partial charge in [-0.2, -0.15) is 0 Å². The molecule has 0 aliphatic rings. The van der Waals surface area contributed by atoms with Crippen molar-refractivity contribution in [2.75, 3.05) is 27.2 Å². The van der Waals surface area contributed by atoms with Crippen molar-refractivity contribution in [1.82, 2.24) is 14.2 Å². The van der Waals surface area contributed by atoms with E-state index < -0.39 is 16.0 Å². The van der Waals surface area contributed by atoms with Crippen molar-refractivity contribution in [3.63, 3.8) is 0 Å². The van der Waals surface area contributed by atoms with Gasteiger partial charge in [-0.1, -0.05) is 0 Å². The molecule has 0 saturated carbocycles. The number of carbonyl (C=O) groups is 1. The number of unbranched alkanes of at least 4 members (excludes halogenated alkanes) is 1. The van der Waals surface area contributed by atoms with Crippen LogP contribution in [0.2, 0.25) is 0 Å². The van der Waals surface area contributed by atoms with Crippen molar-refractivity contribution in [2.45, 2.75) is 31.2 Å². The van der Waals surface area contributed by atoms with Gasteiger partial charge >= 0.3 is 5.97 Å². The molecule has 8 heteroatoms. The van der Waals surface area contributed by atoms with Crippen molar-refractivity contribution in [1.29, 1.82) is 0 Å². The number of aromatic nitrogens is 1. The van der Waals surface area contributed by atoms with Crippen LogP contribution in [0.15, 0.2) is 17.2 Å². The van der Waals surface area contributed by atoms with Crippen LogP contribution in [0.25, 0.3) is 0 Å². The molecule has 2 N–H and O–H groups in total. The summed E-state index contributed by atoms with van der Waals surface area (Å²) in [5, 5.41) is 9.03. The number of nitrogens with zero attached hydrogens (tertiary/aromatic N) is 2. The molecular weight excluding hydrogens is 294 g/mol. The van der Waals surface area contributed by atoms with Gasteiger partial charge in [-0.25, -0.2) is 17.9 Å². The molecule has 0 aliphatic heterocycles. The van der Waals surface area contributed by atoms with Gasteiger partial charge in [0.2, 0.25) is 10.0 Å². The van der Waals surface area contributed by atoms with Gasteiger partial charge in [-0.15, -0.1) is 0 Å². The van der Waals surface area contributed by atoms with Gasteiger partial charge in [0.25, 0.3) is 0 Å². The molecule has 1 aromatic rings. The number of aryl methyl sites for hydroxylation is 1. The second kappa shape index (κ2) is 7.58. The maximum Gasteiger partial charge on any atom is 0.352 e. The molecule has 0 aliphatic carbocycles. The van der Waals surface area contributed by atoms with Crippen molar-refractivity contribution >= 4 is 16.0 Å². The van der Waals surface area contributed by atoms with Gasteiger partial charge in [-0.05, 0) is 46.5 Å². The van der Waals surface area contributed by atoms with E-state index in [1.165, 1.54) is 16.8 Å². The third-order valence-corrected chi connectivity index (χ3v) is 4.49. The number of carboxylic acids is 1. The number of aromatic carboxylic acids is 1. The molecule has 0 amide bonds. The predicted molar refractivity (Wildman–Crippen MR) is 80.0 cm³/mol. The van der Waals surface area contributed by atoms with Crippen LogP contribution in [-0.4, -0.2) is 56.1 Å². The molecule has 1 heterocycles. The first kappa shape index (κ1) is 17.7. The van der Waals surface area contributed by atoms with Crippen LogP contribution in [0.1, 0.15) is 30.3 Å². The van der Waals surface area contributed by atoms with E-state index >= 15 is 0 Å². The van der Waals surface area contributed by atoms with Crippen LogP contribution in [0, 0.1) is 0 Å². The summed E-state index contributed by atoms with van der Waals surface area (Å²) in [6.07, 6.45) is 2.98. The molecule has 1 aromatic heterocycles. The highest BCUT2D eigenvalue weighted by Gasteiger charge is 2.20. The van der Waals surface area contributed by atoms with Crippen molar-refractivity contribution in [2.24, 2.45) is 0 Å². The number of hydrogen-bond donors (Lipinski definition) is 2. The van der Waals surface area contributed by atoms with Gasteiger partial charge in [0, 0.05) is 19.3 Å². The third-order valence-electron chi connectivity index (χ3n) is 3.07. The molecule has 0 radical (unpaired) electrons. The van der Waals surface area contributed by atoms with Gasteiger partial charge in [0.05, 0.1) is 0 Å².